The first-order chi connectivity index (χ1) is 13.2. The van der Waals surface area contributed by atoms with Gasteiger partial charge in [0.15, 0.2) is 5.16 Å². The van der Waals surface area contributed by atoms with E-state index in [-0.39, 0.29) is 11.7 Å². The number of anilines is 1. The van der Waals surface area contributed by atoms with Crippen molar-refractivity contribution in [3.8, 4) is 11.8 Å². The van der Waals surface area contributed by atoms with Crippen molar-refractivity contribution < 1.29 is 4.79 Å². The molecule has 27 heavy (non-hydrogen) atoms. The molecule has 1 aliphatic rings. The summed E-state index contributed by atoms with van der Waals surface area (Å²) in [6.07, 6.45) is 3.88. The number of nitriles is 1. The average molecular weight is 385 g/mol. The summed E-state index contributed by atoms with van der Waals surface area (Å²) in [6, 6.07) is 10.3. The van der Waals surface area contributed by atoms with Gasteiger partial charge in [0.1, 0.15) is 0 Å². The molecule has 0 unspecified atom stereocenters. The first-order valence-electron chi connectivity index (χ1n) is 9.23. The number of aromatic nitrogens is 3. The van der Waals surface area contributed by atoms with E-state index in [9.17, 15) is 4.79 Å². The molecule has 2 aromatic rings. The number of aryl methyl sites for hydroxylation is 1. The minimum absolute atomic E-state index is 0.103. The van der Waals surface area contributed by atoms with Gasteiger partial charge in [-0.05, 0) is 38.3 Å². The van der Waals surface area contributed by atoms with Gasteiger partial charge >= 0.3 is 0 Å². The fourth-order valence-electron chi connectivity index (χ4n) is 3.01. The van der Waals surface area contributed by atoms with Crippen molar-refractivity contribution in [3.63, 3.8) is 0 Å². The Hall–Kier alpha value is -2.53. The number of carbonyl (C=O) groups excluding carboxylic acids is 1. The Labute approximate surface area is 163 Å². The van der Waals surface area contributed by atoms with Gasteiger partial charge in [0.05, 0.1) is 23.9 Å². The molecule has 0 radical (unpaired) electrons. The average Bonchev–Trinajstić information content (AvgIpc) is 3.12. The molecular formula is C19H24N6OS. The van der Waals surface area contributed by atoms with Crippen molar-refractivity contribution in [2.45, 2.75) is 37.8 Å². The molecule has 0 atom stereocenters. The summed E-state index contributed by atoms with van der Waals surface area (Å²) >= 11 is 1.36. The predicted molar refractivity (Wildman–Crippen MR) is 106 cm³/mol. The number of rotatable bonds is 7. The molecule has 1 N–H and O–H groups in total. The number of nitrogens with zero attached hydrogens (tertiary/aromatic N) is 5. The first-order valence-corrected chi connectivity index (χ1v) is 10.2. The monoisotopic (exact) mass is 384 g/mol. The van der Waals surface area contributed by atoms with Crippen molar-refractivity contribution in [1.82, 2.24) is 20.1 Å². The summed E-state index contributed by atoms with van der Waals surface area (Å²) in [6.45, 7) is 4.38. The molecular weight excluding hydrogens is 360 g/mol. The smallest absolute Gasteiger partial charge is 0.232 e. The molecule has 2 heterocycles. The van der Waals surface area contributed by atoms with E-state index in [1.54, 1.807) is 0 Å². The quantitative estimate of drug-likeness (QED) is 0.583. The van der Waals surface area contributed by atoms with Gasteiger partial charge in [-0.3, -0.25) is 9.36 Å². The summed E-state index contributed by atoms with van der Waals surface area (Å²) in [7, 11) is 0. The van der Waals surface area contributed by atoms with Crippen LogP contribution in [0, 0.1) is 18.3 Å². The van der Waals surface area contributed by atoms with Crippen molar-refractivity contribution in [2.75, 3.05) is 30.3 Å². The molecule has 7 nitrogen and oxygen atoms in total. The Bertz CT molecular complexity index is 805. The number of benzene rings is 1. The zero-order chi connectivity index (χ0) is 19.1. The highest BCUT2D eigenvalue weighted by Crippen LogP contribution is 2.28. The predicted octanol–water partition coefficient (Wildman–Crippen LogP) is 2.69. The van der Waals surface area contributed by atoms with Crippen LogP contribution in [0.25, 0.3) is 5.69 Å². The third-order valence-electron chi connectivity index (χ3n) is 4.44. The Morgan fingerprint density at radius 3 is 2.67 bits per heavy atom. The van der Waals surface area contributed by atoms with Crippen LogP contribution in [-0.2, 0) is 4.79 Å². The van der Waals surface area contributed by atoms with Gasteiger partial charge in [0.25, 0.3) is 0 Å². The fourth-order valence-corrected chi connectivity index (χ4v) is 3.79. The first kappa shape index (κ1) is 19.2. The van der Waals surface area contributed by atoms with E-state index in [1.165, 1.54) is 23.7 Å². The lowest BCUT2D eigenvalue weighted by Gasteiger charge is -2.27. The van der Waals surface area contributed by atoms with Crippen LogP contribution in [0.5, 0.6) is 0 Å². The van der Waals surface area contributed by atoms with E-state index < -0.39 is 0 Å². The third kappa shape index (κ3) is 5.01. The fraction of sp³-hybridized carbons (Fsp3) is 0.474. The maximum absolute atomic E-state index is 12.0. The molecule has 142 valence electrons. The standard InChI is InChI=1S/C19H24N6OS/c1-15-6-8-16(9-7-15)25-18(24-12-3-2-4-13-24)22-23-19(25)27-14-17(26)21-11-5-10-20/h6-9H,2-5,11-14H2,1H3,(H,21,26). The van der Waals surface area contributed by atoms with Crippen molar-refractivity contribution in [3.05, 3.63) is 29.8 Å². The highest BCUT2D eigenvalue weighted by atomic mass is 32.2. The molecule has 0 spiro atoms. The number of hydrogen-bond acceptors (Lipinski definition) is 6. The lowest BCUT2D eigenvalue weighted by atomic mass is 10.1. The van der Waals surface area contributed by atoms with Gasteiger partial charge in [0.2, 0.25) is 11.9 Å². The topological polar surface area (TPSA) is 86.8 Å². The van der Waals surface area contributed by atoms with Gasteiger partial charge in [-0.2, -0.15) is 5.26 Å². The maximum Gasteiger partial charge on any atom is 0.232 e. The summed E-state index contributed by atoms with van der Waals surface area (Å²) in [5, 5.41) is 20.8. The Kier molecular flexibility index (Phi) is 6.71. The molecule has 1 aromatic heterocycles. The zero-order valence-electron chi connectivity index (χ0n) is 15.5. The van der Waals surface area contributed by atoms with Gasteiger partial charge in [-0.1, -0.05) is 29.5 Å². The Morgan fingerprint density at radius 2 is 1.96 bits per heavy atom. The van der Waals surface area contributed by atoms with E-state index in [0.29, 0.717) is 18.1 Å². The maximum atomic E-state index is 12.0. The second kappa shape index (κ2) is 9.42. The van der Waals surface area contributed by atoms with Crippen LogP contribution >= 0.6 is 11.8 Å². The van der Waals surface area contributed by atoms with Gasteiger partial charge in [0, 0.05) is 19.6 Å². The number of nitrogens with one attached hydrogen (secondary N) is 1. The molecule has 1 fully saturated rings. The normalized spacial score (nSPS) is 14.0. The van der Waals surface area contributed by atoms with E-state index in [4.69, 9.17) is 5.26 Å². The van der Waals surface area contributed by atoms with Crippen LogP contribution in [0.2, 0.25) is 0 Å². The summed E-state index contributed by atoms with van der Waals surface area (Å²) in [5.74, 6) is 0.981. The van der Waals surface area contributed by atoms with Crippen LogP contribution in [0.3, 0.4) is 0 Å². The molecule has 1 saturated heterocycles. The van der Waals surface area contributed by atoms with E-state index >= 15 is 0 Å². The number of carbonyl (C=O) groups is 1. The second-order valence-electron chi connectivity index (χ2n) is 6.55. The SMILES string of the molecule is Cc1ccc(-n2c(SCC(=O)NCCC#N)nnc2N2CCCCC2)cc1. The van der Waals surface area contributed by atoms with Gasteiger partial charge in [-0.25, -0.2) is 0 Å². The molecule has 3 rings (SSSR count). The lowest BCUT2D eigenvalue weighted by molar-refractivity contribution is -0.118. The second-order valence-corrected chi connectivity index (χ2v) is 7.49. The minimum Gasteiger partial charge on any atom is -0.354 e. The number of thioether (sulfide) groups is 1. The summed E-state index contributed by atoms with van der Waals surface area (Å²) in [5.41, 5.74) is 2.19. The van der Waals surface area contributed by atoms with E-state index in [1.807, 2.05) is 10.6 Å². The molecule has 0 bridgehead atoms. The van der Waals surface area contributed by atoms with Crippen LogP contribution in [0.1, 0.15) is 31.2 Å². The van der Waals surface area contributed by atoms with Crippen molar-refractivity contribution in [1.29, 1.82) is 5.26 Å². The summed E-state index contributed by atoms with van der Waals surface area (Å²) in [4.78, 5) is 14.3. The number of hydrogen-bond donors (Lipinski definition) is 1. The number of piperidine rings is 1. The van der Waals surface area contributed by atoms with Crippen molar-refractivity contribution in [2.24, 2.45) is 0 Å². The van der Waals surface area contributed by atoms with Crippen LogP contribution in [-0.4, -0.2) is 46.1 Å². The zero-order valence-corrected chi connectivity index (χ0v) is 16.3. The lowest BCUT2D eigenvalue weighted by Crippen LogP contribution is -2.31. The molecule has 1 aliphatic heterocycles. The highest BCUT2D eigenvalue weighted by Gasteiger charge is 2.22. The molecule has 0 saturated carbocycles. The Morgan fingerprint density at radius 1 is 1.22 bits per heavy atom. The molecule has 8 heteroatoms. The largest absolute Gasteiger partial charge is 0.354 e. The van der Waals surface area contributed by atoms with Gasteiger partial charge in [-0.15, -0.1) is 10.2 Å². The van der Waals surface area contributed by atoms with Crippen molar-refractivity contribution >= 4 is 23.6 Å². The van der Waals surface area contributed by atoms with Gasteiger partial charge < -0.3 is 10.2 Å². The highest BCUT2D eigenvalue weighted by molar-refractivity contribution is 7.99. The Balaban J connectivity index is 1.80. The van der Waals surface area contributed by atoms with Crippen LogP contribution < -0.4 is 10.2 Å². The van der Waals surface area contributed by atoms with E-state index in [2.05, 4.69) is 51.6 Å². The third-order valence-corrected chi connectivity index (χ3v) is 5.37. The van der Waals surface area contributed by atoms with E-state index in [0.717, 1.165) is 37.6 Å². The summed E-state index contributed by atoms with van der Waals surface area (Å²) < 4.78 is 2.04. The molecule has 0 aliphatic carbocycles. The van der Waals surface area contributed by atoms with Crippen LogP contribution in [0.15, 0.2) is 29.4 Å². The molecule has 1 amide bonds. The molecule has 1 aromatic carbocycles. The van der Waals surface area contributed by atoms with Crippen LogP contribution in [0.4, 0.5) is 5.95 Å². The number of amides is 1. The minimum atomic E-state index is -0.103.